The molecule has 1 aromatic rings. The van der Waals surface area contributed by atoms with E-state index in [1.165, 1.54) is 17.0 Å². The summed E-state index contributed by atoms with van der Waals surface area (Å²) in [5.41, 5.74) is 3.57. The Morgan fingerprint density at radius 3 is 2.42 bits per heavy atom. The Bertz CT molecular complexity index is 957. The second-order valence-corrected chi connectivity index (χ2v) is 9.94. The molecule has 0 atom stereocenters. The highest BCUT2D eigenvalue weighted by molar-refractivity contribution is 5.84. The van der Waals surface area contributed by atoms with Gasteiger partial charge in [-0.05, 0) is 49.8 Å². The zero-order chi connectivity index (χ0) is 24.1. The third-order valence-corrected chi connectivity index (χ3v) is 6.91. The Hall–Kier alpha value is -2.98. The van der Waals surface area contributed by atoms with Crippen LogP contribution < -0.4 is 16.4 Å². The van der Waals surface area contributed by atoms with Crippen LogP contribution in [0.1, 0.15) is 50.2 Å². The van der Waals surface area contributed by atoms with Crippen LogP contribution in [0.2, 0.25) is 0 Å². The number of rotatable bonds is 8. The fourth-order valence-electron chi connectivity index (χ4n) is 4.81. The third kappa shape index (κ3) is 4.86. The van der Waals surface area contributed by atoms with Crippen molar-refractivity contribution in [3.63, 3.8) is 0 Å². The maximum atomic E-state index is 13.1. The van der Waals surface area contributed by atoms with Crippen molar-refractivity contribution in [2.45, 2.75) is 62.8 Å². The van der Waals surface area contributed by atoms with Crippen LogP contribution in [0, 0.1) is 5.41 Å². The summed E-state index contributed by atoms with van der Waals surface area (Å²) in [5, 5.41) is 5.12. The first-order valence-electron chi connectivity index (χ1n) is 10.8. The van der Waals surface area contributed by atoms with Gasteiger partial charge in [-0.15, -0.1) is 0 Å². The van der Waals surface area contributed by atoms with Crippen LogP contribution in [-0.2, 0) is 22.3 Å². The molecule has 4 saturated carbocycles. The van der Waals surface area contributed by atoms with E-state index in [2.05, 4.69) is 10.6 Å². The predicted octanol–water partition coefficient (Wildman–Crippen LogP) is 2.90. The van der Waals surface area contributed by atoms with Gasteiger partial charge in [0.15, 0.2) is 0 Å². The summed E-state index contributed by atoms with van der Waals surface area (Å²) in [7, 11) is 0. The lowest BCUT2D eigenvalue weighted by Gasteiger charge is -2.73. The molecule has 0 radical (unpaired) electrons. The van der Waals surface area contributed by atoms with Gasteiger partial charge in [-0.3, -0.25) is 4.79 Å². The summed E-state index contributed by atoms with van der Waals surface area (Å²) in [5.74, 6) is -0.455. The zero-order valence-corrected chi connectivity index (χ0v) is 18.3. The molecule has 0 unspecified atom stereocenters. The van der Waals surface area contributed by atoms with Gasteiger partial charge in [0.2, 0.25) is 5.91 Å². The summed E-state index contributed by atoms with van der Waals surface area (Å²) in [6, 6.07) is 3.93. The molecule has 4 aliphatic rings. The number of urea groups is 1. The number of hydrogen-bond acceptors (Lipinski definition) is 4. The molecule has 8 nitrogen and oxygen atoms in total. The molecule has 0 heterocycles. The molecule has 0 spiro atoms. The fraction of sp³-hybridized carbons (Fsp3) is 0.591. The van der Waals surface area contributed by atoms with Crippen LogP contribution in [0.15, 0.2) is 24.3 Å². The van der Waals surface area contributed by atoms with Crippen molar-refractivity contribution in [2.75, 3.05) is 13.2 Å². The summed E-state index contributed by atoms with van der Waals surface area (Å²) < 4.78 is 44.6. The lowest BCUT2D eigenvalue weighted by Crippen LogP contribution is -2.84. The van der Waals surface area contributed by atoms with Crippen molar-refractivity contribution >= 4 is 18.0 Å². The number of nitrogens with one attached hydrogen (secondary N) is 2. The minimum atomic E-state index is -4.50. The van der Waals surface area contributed by atoms with Crippen LogP contribution in [0.5, 0.6) is 0 Å². The lowest BCUT2D eigenvalue weighted by molar-refractivity contribution is -0.189. The van der Waals surface area contributed by atoms with Crippen LogP contribution in [-0.4, -0.2) is 47.2 Å². The predicted molar refractivity (Wildman–Crippen MR) is 111 cm³/mol. The number of alkyl halides is 3. The molecule has 0 aliphatic heterocycles. The number of nitrogens with two attached hydrogens (primary N) is 1. The zero-order valence-electron chi connectivity index (χ0n) is 18.3. The van der Waals surface area contributed by atoms with Crippen LogP contribution in [0.25, 0.3) is 0 Å². The van der Waals surface area contributed by atoms with E-state index in [0.29, 0.717) is 31.4 Å². The molecular weight excluding hydrogens is 441 g/mol. The standard InChI is InChI=1S/C22H27F3N4O4/c1-19(5-6-19)13-33-18(32)28-20-10-21(11-20,12-20)29(16(30)8-27-17(26)31)9-14-3-2-4-15(7-14)22(23,24)25/h2-4,7H,5-6,8-13H2,1H3,(H,28,32)(H3,26,27,31). The molecule has 33 heavy (non-hydrogen) atoms. The molecular formula is C22H27F3N4O4. The summed E-state index contributed by atoms with van der Waals surface area (Å²) in [6.45, 7) is 1.99. The average molecular weight is 468 g/mol. The Balaban J connectivity index is 1.42. The maximum Gasteiger partial charge on any atom is 0.416 e. The van der Waals surface area contributed by atoms with E-state index in [4.69, 9.17) is 10.5 Å². The summed E-state index contributed by atoms with van der Waals surface area (Å²) >= 11 is 0. The molecule has 180 valence electrons. The molecule has 4 aliphatic carbocycles. The monoisotopic (exact) mass is 468 g/mol. The Morgan fingerprint density at radius 1 is 1.18 bits per heavy atom. The van der Waals surface area contributed by atoms with Crippen LogP contribution in [0.3, 0.4) is 0 Å². The third-order valence-electron chi connectivity index (χ3n) is 6.91. The first-order chi connectivity index (χ1) is 15.3. The van der Waals surface area contributed by atoms with Crippen LogP contribution in [0.4, 0.5) is 22.8 Å². The van der Waals surface area contributed by atoms with Gasteiger partial charge in [-0.25, -0.2) is 9.59 Å². The molecule has 0 saturated heterocycles. The van der Waals surface area contributed by atoms with Crippen molar-refractivity contribution < 1.29 is 32.3 Å². The van der Waals surface area contributed by atoms with Crippen molar-refractivity contribution in [3.8, 4) is 0 Å². The highest BCUT2D eigenvalue weighted by atomic mass is 19.4. The molecule has 5 rings (SSSR count). The van der Waals surface area contributed by atoms with Crippen molar-refractivity contribution in [3.05, 3.63) is 35.4 Å². The Kier molecular flexibility index (Phi) is 5.49. The minimum Gasteiger partial charge on any atom is -0.449 e. The van der Waals surface area contributed by atoms with E-state index in [1.807, 2.05) is 6.92 Å². The number of benzene rings is 1. The number of hydrogen-bond donors (Lipinski definition) is 3. The largest absolute Gasteiger partial charge is 0.449 e. The number of amides is 4. The molecule has 11 heteroatoms. The number of carbonyl (C=O) groups is 3. The molecule has 4 N–H and O–H groups in total. The van der Waals surface area contributed by atoms with E-state index in [0.717, 1.165) is 25.0 Å². The van der Waals surface area contributed by atoms with Crippen molar-refractivity contribution in [2.24, 2.45) is 11.1 Å². The number of halogens is 3. The van der Waals surface area contributed by atoms with E-state index < -0.39 is 40.8 Å². The van der Waals surface area contributed by atoms with Gasteiger partial charge in [-0.1, -0.05) is 19.1 Å². The normalized spacial score (nSPS) is 26.3. The maximum absolute atomic E-state index is 13.1. The lowest BCUT2D eigenvalue weighted by atomic mass is 9.43. The first-order valence-corrected chi connectivity index (χ1v) is 10.8. The molecule has 4 amide bonds. The van der Waals surface area contributed by atoms with Gasteiger partial charge >= 0.3 is 18.3 Å². The van der Waals surface area contributed by atoms with Gasteiger partial charge in [0, 0.05) is 12.0 Å². The highest BCUT2D eigenvalue weighted by Crippen LogP contribution is 2.64. The Labute approximate surface area is 189 Å². The first kappa shape index (κ1) is 23.2. The Morgan fingerprint density at radius 2 is 1.85 bits per heavy atom. The van der Waals surface area contributed by atoms with Crippen LogP contribution >= 0.6 is 0 Å². The smallest absolute Gasteiger partial charge is 0.416 e. The number of ether oxygens (including phenoxy) is 1. The molecule has 0 aromatic heterocycles. The van der Waals surface area contributed by atoms with Gasteiger partial charge in [-0.2, -0.15) is 13.2 Å². The van der Waals surface area contributed by atoms with Gasteiger partial charge in [0.05, 0.1) is 29.8 Å². The number of alkyl carbamates (subject to hydrolysis) is 1. The van der Waals surface area contributed by atoms with E-state index in [9.17, 15) is 27.6 Å². The van der Waals surface area contributed by atoms with E-state index in [1.54, 1.807) is 0 Å². The SMILES string of the molecule is CC1(COC(=O)NC23CC(N(Cc4cccc(C(F)(F)F)c4)C(=O)CNC(N)=O)(C2)C3)CC1. The number of primary amides is 1. The number of carbonyl (C=O) groups excluding carboxylic acids is 3. The fourth-order valence-corrected chi connectivity index (χ4v) is 4.81. The highest BCUT2D eigenvalue weighted by Gasteiger charge is 2.72. The second kappa shape index (κ2) is 7.81. The van der Waals surface area contributed by atoms with Crippen molar-refractivity contribution in [1.82, 2.24) is 15.5 Å². The van der Waals surface area contributed by atoms with Gasteiger partial charge < -0.3 is 26.0 Å². The average Bonchev–Trinajstić information content (AvgIpc) is 3.42. The summed E-state index contributed by atoms with van der Waals surface area (Å²) in [6.07, 6.45) is -1.54. The molecule has 4 fully saturated rings. The van der Waals surface area contributed by atoms with Crippen molar-refractivity contribution in [1.29, 1.82) is 0 Å². The topological polar surface area (TPSA) is 114 Å². The minimum absolute atomic E-state index is 0.0535. The number of nitrogens with zero attached hydrogens (tertiary/aromatic N) is 1. The van der Waals surface area contributed by atoms with E-state index in [-0.39, 0.29) is 18.5 Å². The summed E-state index contributed by atoms with van der Waals surface area (Å²) in [4.78, 5) is 37.6. The van der Waals surface area contributed by atoms with E-state index >= 15 is 0 Å². The molecule has 1 aromatic carbocycles. The van der Waals surface area contributed by atoms with Gasteiger partial charge in [0.25, 0.3) is 0 Å². The second-order valence-electron chi connectivity index (χ2n) is 9.94. The quantitative estimate of drug-likeness (QED) is 0.544. The van der Waals surface area contributed by atoms with Gasteiger partial charge in [0.1, 0.15) is 0 Å². The molecule has 2 bridgehead atoms.